The van der Waals surface area contributed by atoms with Crippen molar-refractivity contribution in [2.45, 2.75) is 228 Å². The van der Waals surface area contributed by atoms with Crippen LogP contribution in [0.25, 0.3) is 0 Å². The fourth-order valence-electron chi connectivity index (χ4n) is 7.34. The van der Waals surface area contributed by atoms with Crippen LogP contribution < -0.4 is 5.73 Å². The Kier molecular flexibility index (Phi) is 28.0. The van der Waals surface area contributed by atoms with Crippen molar-refractivity contribution in [1.82, 2.24) is 0 Å². The van der Waals surface area contributed by atoms with Gasteiger partial charge >= 0.3 is 19.8 Å². The first-order valence-electron chi connectivity index (χ1n) is 22.4. The Balaban J connectivity index is 2.02. The number of hydrogen-bond donors (Lipinski definition) is 9. The third kappa shape index (κ3) is 20.4. The standard InChI is InChI=1S/C41H78NO17P/c1-3-5-7-9-11-13-15-17-19-21-23-30(44)54-26-28(56-31(45)24-22-20-18-16-14-12-10-8-6-4-2)27-55-60(52,53)59-40-38(51)36(49)35(48)37(50)39(40)58-41-32(42)34(47)33(46)29(25-43)57-41/h28-29,32-41,43,46-51H,3-27,42H2,1-2H3,(H,52,53)/t28-,29-,32-,33+,34-,35-,36+,37+,38-,39-,40-,41-/m1/s1. The van der Waals surface area contributed by atoms with Gasteiger partial charge in [-0.05, 0) is 12.8 Å². The van der Waals surface area contributed by atoms with Gasteiger partial charge in [0.15, 0.2) is 12.4 Å². The van der Waals surface area contributed by atoms with Crippen LogP contribution in [0.5, 0.6) is 0 Å². The van der Waals surface area contributed by atoms with Crippen LogP contribution in [-0.2, 0) is 42.1 Å². The first kappa shape index (κ1) is 54.8. The van der Waals surface area contributed by atoms with E-state index in [1.54, 1.807) is 0 Å². The van der Waals surface area contributed by atoms with Crippen molar-refractivity contribution in [3.8, 4) is 0 Å². The van der Waals surface area contributed by atoms with Crippen molar-refractivity contribution in [2.75, 3.05) is 19.8 Å². The van der Waals surface area contributed by atoms with Gasteiger partial charge < -0.3 is 65.3 Å². The largest absolute Gasteiger partial charge is 0.472 e. The summed E-state index contributed by atoms with van der Waals surface area (Å²) in [5.74, 6) is -1.19. The van der Waals surface area contributed by atoms with Crippen molar-refractivity contribution in [3.05, 3.63) is 0 Å². The number of esters is 2. The molecule has 2 aliphatic rings. The molecule has 19 heteroatoms. The Morgan fingerprint density at radius 3 is 1.55 bits per heavy atom. The van der Waals surface area contributed by atoms with Gasteiger partial charge in [-0.2, -0.15) is 0 Å². The molecular formula is C41H78NO17P. The first-order chi connectivity index (χ1) is 28.7. The highest BCUT2D eigenvalue weighted by atomic mass is 31.2. The van der Waals surface area contributed by atoms with E-state index in [1.807, 2.05) is 0 Å². The van der Waals surface area contributed by atoms with Crippen LogP contribution in [0, 0.1) is 0 Å². The third-order valence-corrected chi connectivity index (χ3v) is 12.1. The van der Waals surface area contributed by atoms with Gasteiger partial charge in [-0.1, -0.05) is 129 Å². The van der Waals surface area contributed by atoms with Gasteiger partial charge in [0.05, 0.1) is 19.3 Å². The van der Waals surface area contributed by atoms with E-state index in [4.69, 9.17) is 33.7 Å². The zero-order valence-corrected chi connectivity index (χ0v) is 36.8. The number of unbranched alkanes of at least 4 members (excludes halogenated alkanes) is 18. The highest BCUT2D eigenvalue weighted by molar-refractivity contribution is 7.47. The zero-order chi connectivity index (χ0) is 44.5. The molecule has 0 aromatic heterocycles. The molecule has 13 atom stereocenters. The van der Waals surface area contributed by atoms with Crippen molar-refractivity contribution in [2.24, 2.45) is 5.73 Å². The lowest BCUT2D eigenvalue weighted by Crippen LogP contribution is -2.68. The van der Waals surface area contributed by atoms with Crippen LogP contribution in [0.4, 0.5) is 0 Å². The second-order valence-electron chi connectivity index (χ2n) is 16.3. The molecule has 2 fully saturated rings. The first-order valence-corrected chi connectivity index (χ1v) is 23.9. The molecule has 1 heterocycles. The summed E-state index contributed by atoms with van der Waals surface area (Å²) in [5.41, 5.74) is 5.93. The van der Waals surface area contributed by atoms with E-state index < -0.39 is 113 Å². The molecular weight excluding hydrogens is 809 g/mol. The number of phosphoric ester groups is 1. The Bertz CT molecular complexity index is 1200. The van der Waals surface area contributed by atoms with Gasteiger partial charge in [0, 0.05) is 12.8 Å². The maximum atomic E-state index is 13.3. The molecule has 0 spiro atoms. The van der Waals surface area contributed by atoms with E-state index in [2.05, 4.69) is 13.8 Å². The molecule has 18 nitrogen and oxygen atoms in total. The molecule has 1 aliphatic carbocycles. The number of ether oxygens (including phenoxy) is 4. The molecule has 10 N–H and O–H groups in total. The second kappa shape index (κ2) is 30.7. The molecule has 60 heavy (non-hydrogen) atoms. The fraction of sp³-hybridized carbons (Fsp3) is 0.951. The van der Waals surface area contributed by atoms with E-state index in [0.717, 1.165) is 51.4 Å². The zero-order valence-electron chi connectivity index (χ0n) is 35.9. The lowest BCUT2D eigenvalue weighted by atomic mass is 9.84. The Morgan fingerprint density at radius 2 is 1.07 bits per heavy atom. The normalized spacial score (nSPS) is 29.8. The number of aliphatic hydroxyl groups is 7. The van der Waals surface area contributed by atoms with Crippen LogP contribution in [-0.4, -0.2) is 146 Å². The van der Waals surface area contributed by atoms with Crippen LogP contribution in [0.1, 0.15) is 155 Å². The molecule has 1 saturated heterocycles. The highest BCUT2D eigenvalue weighted by Crippen LogP contribution is 2.48. The summed E-state index contributed by atoms with van der Waals surface area (Å²) in [6.45, 7) is 2.26. The molecule has 0 aromatic carbocycles. The van der Waals surface area contributed by atoms with Crippen molar-refractivity contribution in [3.63, 3.8) is 0 Å². The second-order valence-corrected chi connectivity index (χ2v) is 17.7. The molecule has 0 amide bonds. The Labute approximate surface area is 356 Å². The number of carbonyl (C=O) groups excluding carboxylic acids is 2. The topological polar surface area (TPSA) is 294 Å². The number of phosphoric acid groups is 1. The van der Waals surface area contributed by atoms with Gasteiger partial charge in [0.25, 0.3) is 0 Å². The minimum atomic E-state index is -5.32. The van der Waals surface area contributed by atoms with E-state index >= 15 is 0 Å². The smallest absolute Gasteiger partial charge is 0.462 e. The number of rotatable bonds is 33. The quantitative estimate of drug-likeness (QED) is 0.0260. The summed E-state index contributed by atoms with van der Waals surface area (Å²) in [6.07, 6.45) is 1.18. The van der Waals surface area contributed by atoms with Gasteiger partial charge in [-0.15, -0.1) is 0 Å². The lowest BCUT2D eigenvalue weighted by Gasteiger charge is -2.47. The predicted molar refractivity (Wildman–Crippen MR) is 219 cm³/mol. The summed E-state index contributed by atoms with van der Waals surface area (Å²) in [5, 5.41) is 72.5. The average Bonchev–Trinajstić information content (AvgIpc) is 3.22. The fourth-order valence-corrected chi connectivity index (χ4v) is 8.30. The summed E-state index contributed by atoms with van der Waals surface area (Å²) in [6, 6.07) is -1.52. The summed E-state index contributed by atoms with van der Waals surface area (Å²) in [7, 11) is -5.32. The molecule has 1 saturated carbocycles. The van der Waals surface area contributed by atoms with E-state index in [-0.39, 0.29) is 12.8 Å². The van der Waals surface area contributed by atoms with E-state index in [9.17, 15) is 54.8 Å². The minimum Gasteiger partial charge on any atom is -0.462 e. The van der Waals surface area contributed by atoms with E-state index in [1.165, 1.54) is 64.2 Å². The van der Waals surface area contributed by atoms with Gasteiger partial charge in [0.2, 0.25) is 0 Å². The maximum absolute atomic E-state index is 13.3. The van der Waals surface area contributed by atoms with Crippen LogP contribution in [0.3, 0.4) is 0 Å². The number of nitrogens with two attached hydrogens (primary N) is 1. The van der Waals surface area contributed by atoms with Gasteiger partial charge in [-0.3, -0.25) is 18.6 Å². The molecule has 0 aromatic rings. The highest BCUT2D eigenvalue weighted by Gasteiger charge is 2.55. The summed E-state index contributed by atoms with van der Waals surface area (Å²) in [4.78, 5) is 36.3. The molecule has 0 bridgehead atoms. The molecule has 2 rings (SSSR count). The predicted octanol–water partition coefficient (Wildman–Crippen LogP) is 3.17. The van der Waals surface area contributed by atoms with Gasteiger partial charge in [0.1, 0.15) is 61.5 Å². The van der Waals surface area contributed by atoms with Crippen molar-refractivity contribution < 1.29 is 82.8 Å². The summed E-state index contributed by atoms with van der Waals surface area (Å²) < 4.78 is 45.5. The SMILES string of the molecule is CCCCCCCCCCCCC(=O)OC[C@H](COP(=O)(O)O[C@@H]1[C@H](O)[C@@H](O)[C@@H](O)[C@H](O)[C@H]1O[C@H]1O[C@H](CO)[C@H](O)[C@H](O)[C@H]1N)OC(=O)CCCCCCCCCCCC. The minimum absolute atomic E-state index is 0.0481. The summed E-state index contributed by atoms with van der Waals surface area (Å²) >= 11 is 0. The molecule has 1 unspecified atom stereocenters. The number of hydrogen-bond acceptors (Lipinski definition) is 17. The maximum Gasteiger partial charge on any atom is 0.472 e. The van der Waals surface area contributed by atoms with Crippen LogP contribution in [0.2, 0.25) is 0 Å². The van der Waals surface area contributed by atoms with Crippen molar-refractivity contribution >= 4 is 19.8 Å². The van der Waals surface area contributed by atoms with Crippen molar-refractivity contribution in [1.29, 1.82) is 0 Å². The monoisotopic (exact) mass is 888 g/mol. The Morgan fingerprint density at radius 1 is 0.617 bits per heavy atom. The molecule has 0 radical (unpaired) electrons. The lowest BCUT2D eigenvalue weighted by molar-refractivity contribution is -0.315. The Hall–Kier alpha value is -1.35. The number of carbonyl (C=O) groups is 2. The van der Waals surface area contributed by atoms with Gasteiger partial charge in [-0.25, -0.2) is 4.57 Å². The average molecular weight is 888 g/mol. The third-order valence-electron chi connectivity index (χ3n) is 11.1. The van der Waals surface area contributed by atoms with Crippen LogP contribution in [0.15, 0.2) is 0 Å². The van der Waals surface area contributed by atoms with E-state index in [0.29, 0.717) is 12.8 Å². The molecule has 1 aliphatic heterocycles. The van der Waals surface area contributed by atoms with Crippen LogP contribution >= 0.6 is 7.82 Å². The number of aliphatic hydroxyl groups excluding tert-OH is 7. The molecule has 354 valence electrons.